The summed E-state index contributed by atoms with van der Waals surface area (Å²) in [5.41, 5.74) is 2.31. The van der Waals surface area contributed by atoms with Crippen molar-refractivity contribution < 1.29 is 9.59 Å². The van der Waals surface area contributed by atoms with Crippen molar-refractivity contribution in [3.8, 4) is 0 Å². The van der Waals surface area contributed by atoms with Crippen molar-refractivity contribution in [2.45, 2.75) is 19.8 Å². The second-order valence-corrected chi connectivity index (χ2v) is 4.74. The summed E-state index contributed by atoms with van der Waals surface area (Å²) in [6.07, 6.45) is 2.31. The molecule has 0 N–H and O–H groups in total. The van der Waals surface area contributed by atoms with Crippen molar-refractivity contribution in [3.63, 3.8) is 0 Å². The van der Waals surface area contributed by atoms with Gasteiger partial charge < -0.3 is 9.80 Å². The van der Waals surface area contributed by atoms with Crippen LogP contribution >= 0.6 is 0 Å². The molecular weight excluding hydrogens is 228 g/mol. The lowest BCUT2D eigenvalue weighted by Gasteiger charge is -2.20. The Labute approximate surface area is 106 Å². The summed E-state index contributed by atoms with van der Waals surface area (Å²) in [5.74, 6) is -0.742. The summed E-state index contributed by atoms with van der Waals surface area (Å²) in [6, 6.07) is 5.75. The normalized spacial score (nSPS) is 18.7. The average molecular weight is 244 g/mol. The molecule has 2 aliphatic heterocycles. The van der Waals surface area contributed by atoms with Gasteiger partial charge in [-0.25, -0.2) is 0 Å². The summed E-state index contributed by atoms with van der Waals surface area (Å²) in [5, 5.41) is 0. The van der Waals surface area contributed by atoms with Crippen LogP contribution in [-0.4, -0.2) is 31.3 Å². The largest absolute Gasteiger partial charge is 0.371 e. The number of likely N-dealkylation sites (N-methyl/N-ethyl adjacent to an activating group) is 1. The molecule has 3 rings (SSSR count). The van der Waals surface area contributed by atoms with Crippen LogP contribution < -0.4 is 9.80 Å². The minimum atomic E-state index is -0.390. The van der Waals surface area contributed by atoms with Crippen molar-refractivity contribution >= 4 is 23.1 Å². The Morgan fingerprint density at radius 2 is 1.78 bits per heavy atom. The van der Waals surface area contributed by atoms with Crippen LogP contribution in [0.1, 0.15) is 30.1 Å². The lowest BCUT2D eigenvalue weighted by Crippen LogP contribution is -2.29. The first-order chi connectivity index (χ1) is 8.74. The zero-order chi connectivity index (χ0) is 12.7. The van der Waals surface area contributed by atoms with Gasteiger partial charge in [-0.05, 0) is 31.9 Å². The number of benzene rings is 1. The molecule has 2 aliphatic rings. The lowest BCUT2D eigenvalue weighted by molar-refractivity contribution is -0.114. The van der Waals surface area contributed by atoms with Gasteiger partial charge in [0.15, 0.2) is 0 Å². The first kappa shape index (κ1) is 11.3. The number of fused-ring (bicyclic) bond motifs is 1. The summed E-state index contributed by atoms with van der Waals surface area (Å²) < 4.78 is 0. The zero-order valence-electron chi connectivity index (χ0n) is 10.5. The minimum Gasteiger partial charge on any atom is -0.371 e. The Hall–Kier alpha value is -1.84. The van der Waals surface area contributed by atoms with Gasteiger partial charge in [-0.15, -0.1) is 0 Å². The minimum absolute atomic E-state index is 0.352. The van der Waals surface area contributed by atoms with Crippen LogP contribution in [0.2, 0.25) is 0 Å². The molecule has 94 valence electrons. The van der Waals surface area contributed by atoms with Crippen LogP contribution in [0.15, 0.2) is 18.2 Å². The molecule has 0 bridgehead atoms. The Morgan fingerprint density at radius 3 is 2.44 bits per heavy atom. The molecule has 1 aromatic rings. The van der Waals surface area contributed by atoms with Crippen molar-refractivity contribution in [1.29, 1.82) is 0 Å². The molecule has 1 aromatic carbocycles. The molecule has 2 heterocycles. The second kappa shape index (κ2) is 4.12. The summed E-state index contributed by atoms with van der Waals surface area (Å²) in [4.78, 5) is 27.8. The number of rotatable bonds is 2. The first-order valence-corrected chi connectivity index (χ1v) is 6.48. The lowest BCUT2D eigenvalue weighted by atomic mass is 10.1. The number of anilines is 2. The van der Waals surface area contributed by atoms with Gasteiger partial charge in [-0.2, -0.15) is 0 Å². The molecule has 0 radical (unpaired) electrons. The van der Waals surface area contributed by atoms with Crippen molar-refractivity contribution in [3.05, 3.63) is 23.8 Å². The third-order valence-electron chi connectivity index (χ3n) is 3.74. The number of carbonyl (C=O) groups excluding carboxylic acids is 2. The predicted molar refractivity (Wildman–Crippen MR) is 70.2 cm³/mol. The molecule has 0 aromatic heterocycles. The summed E-state index contributed by atoms with van der Waals surface area (Å²) in [6.45, 7) is 4.39. The quantitative estimate of drug-likeness (QED) is 0.745. The molecule has 0 saturated carbocycles. The highest BCUT2D eigenvalue weighted by atomic mass is 16.2. The van der Waals surface area contributed by atoms with E-state index in [1.54, 1.807) is 4.90 Å². The van der Waals surface area contributed by atoms with Crippen molar-refractivity contribution in [2.24, 2.45) is 0 Å². The number of amides is 1. The number of nitrogens with zero attached hydrogens (tertiary/aromatic N) is 2. The van der Waals surface area contributed by atoms with E-state index in [1.807, 2.05) is 25.1 Å². The third kappa shape index (κ3) is 1.45. The van der Waals surface area contributed by atoms with E-state index in [9.17, 15) is 9.59 Å². The average Bonchev–Trinajstić information content (AvgIpc) is 2.98. The number of Topliss-reactive ketones (excluding diaryl/α,β-unsaturated/α-hetero) is 1. The molecule has 0 unspecified atom stereocenters. The van der Waals surface area contributed by atoms with Gasteiger partial charge in [-0.3, -0.25) is 9.59 Å². The summed E-state index contributed by atoms with van der Waals surface area (Å²) >= 11 is 0. The molecule has 4 heteroatoms. The fourth-order valence-corrected chi connectivity index (χ4v) is 2.86. The van der Waals surface area contributed by atoms with Crippen LogP contribution in [0, 0.1) is 0 Å². The fourth-order valence-electron chi connectivity index (χ4n) is 2.86. The predicted octanol–water partition coefficient (Wildman–Crippen LogP) is 1.84. The van der Waals surface area contributed by atoms with E-state index in [4.69, 9.17) is 0 Å². The topological polar surface area (TPSA) is 40.6 Å². The van der Waals surface area contributed by atoms with Crippen molar-refractivity contribution in [2.75, 3.05) is 29.4 Å². The van der Waals surface area contributed by atoms with Gasteiger partial charge in [0.05, 0.1) is 16.9 Å². The van der Waals surface area contributed by atoms with E-state index in [-0.39, 0.29) is 11.7 Å². The van der Waals surface area contributed by atoms with E-state index in [0.29, 0.717) is 12.1 Å². The maximum atomic E-state index is 12.1. The van der Waals surface area contributed by atoms with Crippen LogP contribution in [0.5, 0.6) is 0 Å². The highest BCUT2D eigenvalue weighted by molar-refractivity contribution is 6.53. The number of hydrogen-bond donors (Lipinski definition) is 0. The number of carbonyl (C=O) groups is 2. The van der Waals surface area contributed by atoms with Crippen LogP contribution in [0.4, 0.5) is 11.4 Å². The van der Waals surface area contributed by atoms with Gasteiger partial charge in [0.2, 0.25) is 0 Å². The molecule has 4 nitrogen and oxygen atoms in total. The van der Waals surface area contributed by atoms with E-state index in [0.717, 1.165) is 37.3 Å². The van der Waals surface area contributed by atoms with Crippen LogP contribution in [-0.2, 0) is 4.79 Å². The zero-order valence-corrected chi connectivity index (χ0v) is 10.5. The molecule has 0 aliphatic carbocycles. The van der Waals surface area contributed by atoms with E-state index >= 15 is 0 Å². The molecule has 1 amide bonds. The van der Waals surface area contributed by atoms with Gasteiger partial charge in [0.25, 0.3) is 11.7 Å². The maximum absolute atomic E-state index is 12.1. The monoisotopic (exact) mass is 244 g/mol. The van der Waals surface area contributed by atoms with Crippen LogP contribution in [0.3, 0.4) is 0 Å². The third-order valence-corrected chi connectivity index (χ3v) is 3.74. The number of ketones is 1. The van der Waals surface area contributed by atoms with Crippen molar-refractivity contribution in [1.82, 2.24) is 0 Å². The fraction of sp³-hybridized carbons (Fsp3) is 0.429. The van der Waals surface area contributed by atoms with Crippen LogP contribution in [0.25, 0.3) is 0 Å². The number of hydrogen-bond acceptors (Lipinski definition) is 3. The Balaban J connectivity index is 2.12. The molecule has 1 fully saturated rings. The summed E-state index contributed by atoms with van der Waals surface area (Å²) in [7, 11) is 0. The molecular formula is C14H16N2O2. The van der Waals surface area contributed by atoms with E-state index in [1.165, 1.54) is 0 Å². The highest BCUT2D eigenvalue weighted by Gasteiger charge is 2.37. The Kier molecular flexibility index (Phi) is 2.58. The standard InChI is InChI=1S/C14H16N2O2/c1-2-16-11-7-5-6-10(15-8-3-4-9-15)12(11)13(17)14(16)18/h5-7H,2-4,8-9H2,1H3. The van der Waals surface area contributed by atoms with Gasteiger partial charge in [-0.1, -0.05) is 6.07 Å². The highest BCUT2D eigenvalue weighted by Crippen LogP contribution is 2.37. The van der Waals surface area contributed by atoms with E-state index < -0.39 is 0 Å². The Morgan fingerprint density at radius 1 is 1.11 bits per heavy atom. The van der Waals surface area contributed by atoms with Gasteiger partial charge in [0.1, 0.15) is 0 Å². The molecule has 1 saturated heterocycles. The van der Waals surface area contributed by atoms with Gasteiger partial charge in [0, 0.05) is 19.6 Å². The van der Waals surface area contributed by atoms with E-state index in [2.05, 4.69) is 4.90 Å². The molecule has 18 heavy (non-hydrogen) atoms. The SMILES string of the molecule is CCN1C(=O)C(=O)c2c(N3CCCC3)cccc21. The first-order valence-electron chi connectivity index (χ1n) is 6.48. The molecule has 0 spiro atoms. The van der Waals surface area contributed by atoms with Gasteiger partial charge >= 0.3 is 0 Å². The second-order valence-electron chi connectivity index (χ2n) is 4.74. The smallest absolute Gasteiger partial charge is 0.299 e. The Bertz CT molecular complexity index is 519. The molecule has 0 atom stereocenters. The maximum Gasteiger partial charge on any atom is 0.299 e.